The summed E-state index contributed by atoms with van der Waals surface area (Å²) in [5.74, 6) is -0.0879. The van der Waals surface area contributed by atoms with E-state index in [1.165, 1.54) is 0 Å². The summed E-state index contributed by atoms with van der Waals surface area (Å²) >= 11 is 0. The Labute approximate surface area is 163 Å². The van der Waals surface area contributed by atoms with E-state index in [-0.39, 0.29) is 11.8 Å². The molecule has 1 atom stereocenters. The zero-order chi connectivity index (χ0) is 19.3. The number of benzene rings is 2. The van der Waals surface area contributed by atoms with Crippen molar-refractivity contribution in [1.29, 1.82) is 0 Å². The molecule has 1 fully saturated rings. The second kappa shape index (κ2) is 8.68. The van der Waals surface area contributed by atoms with Gasteiger partial charge in [-0.1, -0.05) is 60.7 Å². The van der Waals surface area contributed by atoms with Gasteiger partial charge in [0, 0.05) is 19.6 Å². The lowest BCUT2D eigenvalue weighted by molar-refractivity contribution is -0.124. The topological polar surface area (TPSA) is 49.6 Å². The summed E-state index contributed by atoms with van der Waals surface area (Å²) in [5.41, 5.74) is 7.38. The highest BCUT2D eigenvalue weighted by atomic mass is 16.1. The molecule has 0 radical (unpaired) electrons. The lowest BCUT2D eigenvalue weighted by Gasteiger charge is -2.44. The Morgan fingerprint density at radius 2 is 1.63 bits per heavy atom. The van der Waals surface area contributed by atoms with E-state index in [1.54, 1.807) is 0 Å². The Balaban J connectivity index is 2.03. The standard InChI is InChI=1S/C23H31N3O/c1-25(2)16-17-26-15-9-14-21(18-26)23(22(24)27,19-10-5-3-6-11-19)20-12-7-4-8-13-20/h3-8,10-13,21H,9,14-18H2,1-2H3,(H2,24,27). The first kappa shape index (κ1) is 19.6. The van der Waals surface area contributed by atoms with Gasteiger partial charge in [-0.25, -0.2) is 0 Å². The Morgan fingerprint density at radius 1 is 1.07 bits per heavy atom. The summed E-state index contributed by atoms with van der Waals surface area (Å²) in [7, 11) is 4.20. The first-order valence-electron chi connectivity index (χ1n) is 9.83. The van der Waals surface area contributed by atoms with Gasteiger partial charge < -0.3 is 15.5 Å². The van der Waals surface area contributed by atoms with Crippen LogP contribution in [0.25, 0.3) is 0 Å². The van der Waals surface area contributed by atoms with Crippen molar-refractivity contribution < 1.29 is 4.79 Å². The fourth-order valence-electron chi connectivity index (χ4n) is 4.48. The maximum atomic E-state index is 13.1. The van der Waals surface area contributed by atoms with Gasteiger partial charge >= 0.3 is 0 Å². The average molecular weight is 366 g/mol. The molecule has 1 unspecified atom stereocenters. The van der Waals surface area contributed by atoms with Crippen molar-refractivity contribution >= 4 is 5.91 Å². The fourth-order valence-corrected chi connectivity index (χ4v) is 4.48. The quantitative estimate of drug-likeness (QED) is 0.821. The maximum Gasteiger partial charge on any atom is 0.232 e. The molecule has 0 aromatic heterocycles. The van der Waals surface area contributed by atoms with Crippen molar-refractivity contribution in [3.8, 4) is 0 Å². The molecule has 0 bridgehead atoms. The van der Waals surface area contributed by atoms with Crippen LogP contribution >= 0.6 is 0 Å². The molecule has 1 aliphatic heterocycles. The van der Waals surface area contributed by atoms with Crippen LogP contribution in [0.4, 0.5) is 0 Å². The molecule has 0 spiro atoms. The number of hydrogen-bond acceptors (Lipinski definition) is 3. The average Bonchev–Trinajstić information content (AvgIpc) is 2.69. The van der Waals surface area contributed by atoms with Gasteiger partial charge in [-0.3, -0.25) is 4.79 Å². The van der Waals surface area contributed by atoms with Crippen molar-refractivity contribution in [2.75, 3.05) is 40.3 Å². The molecule has 2 aromatic rings. The van der Waals surface area contributed by atoms with E-state index in [2.05, 4.69) is 48.2 Å². The number of nitrogens with two attached hydrogens (primary N) is 1. The number of rotatable bonds is 7. The number of likely N-dealkylation sites (tertiary alicyclic amines) is 1. The van der Waals surface area contributed by atoms with Crippen LogP contribution in [-0.4, -0.2) is 56.0 Å². The van der Waals surface area contributed by atoms with Gasteiger partial charge in [-0.15, -0.1) is 0 Å². The van der Waals surface area contributed by atoms with Gasteiger partial charge in [-0.05, 0) is 50.5 Å². The molecule has 2 aromatic carbocycles. The van der Waals surface area contributed by atoms with Gasteiger partial charge in [-0.2, -0.15) is 0 Å². The summed E-state index contributed by atoms with van der Waals surface area (Å²) < 4.78 is 0. The van der Waals surface area contributed by atoms with Gasteiger partial charge in [0.2, 0.25) is 5.91 Å². The van der Waals surface area contributed by atoms with Crippen LogP contribution in [0.2, 0.25) is 0 Å². The fraction of sp³-hybridized carbons (Fsp3) is 0.435. The molecular formula is C23H31N3O. The summed E-state index contributed by atoms with van der Waals surface area (Å²) in [5, 5.41) is 0. The summed E-state index contributed by atoms with van der Waals surface area (Å²) in [6.07, 6.45) is 2.10. The Morgan fingerprint density at radius 3 is 2.11 bits per heavy atom. The van der Waals surface area contributed by atoms with E-state index >= 15 is 0 Å². The van der Waals surface area contributed by atoms with Crippen LogP contribution in [0, 0.1) is 5.92 Å². The molecule has 1 saturated heterocycles. The summed E-state index contributed by atoms with van der Waals surface area (Å²) in [6.45, 7) is 4.01. The predicted octanol–water partition coefficient (Wildman–Crippen LogP) is 2.73. The van der Waals surface area contributed by atoms with Gasteiger partial charge in [0.1, 0.15) is 5.41 Å². The number of hydrogen-bond donors (Lipinski definition) is 1. The molecular weight excluding hydrogens is 334 g/mol. The third-order valence-electron chi connectivity index (χ3n) is 5.83. The predicted molar refractivity (Wildman–Crippen MR) is 111 cm³/mol. The number of nitrogens with zero attached hydrogens (tertiary/aromatic N) is 2. The Kier molecular flexibility index (Phi) is 6.30. The van der Waals surface area contributed by atoms with E-state index in [0.717, 1.165) is 50.1 Å². The highest BCUT2D eigenvalue weighted by Gasteiger charge is 2.48. The summed E-state index contributed by atoms with van der Waals surface area (Å²) in [6, 6.07) is 20.2. The molecule has 0 saturated carbocycles. The van der Waals surface area contributed by atoms with Crippen molar-refractivity contribution in [2.24, 2.45) is 11.7 Å². The monoisotopic (exact) mass is 365 g/mol. The van der Waals surface area contributed by atoms with Crippen LogP contribution < -0.4 is 5.73 Å². The van der Waals surface area contributed by atoms with Crippen molar-refractivity contribution in [3.05, 3.63) is 71.8 Å². The third kappa shape index (κ3) is 4.07. The second-order valence-electron chi connectivity index (χ2n) is 7.85. The first-order valence-corrected chi connectivity index (χ1v) is 9.83. The van der Waals surface area contributed by atoms with Crippen LogP contribution in [0.5, 0.6) is 0 Å². The molecule has 1 aliphatic rings. The van der Waals surface area contributed by atoms with Crippen molar-refractivity contribution in [1.82, 2.24) is 9.80 Å². The molecule has 1 heterocycles. The van der Waals surface area contributed by atoms with Gasteiger partial charge in [0.05, 0.1) is 0 Å². The first-order chi connectivity index (χ1) is 13.0. The van der Waals surface area contributed by atoms with E-state index in [0.29, 0.717) is 0 Å². The minimum atomic E-state index is -0.792. The van der Waals surface area contributed by atoms with E-state index in [9.17, 15) is 4.79 Å². The number of amides is 1. The highest BCUT2D eigenvalue weighted by Crippen LogP contribution is 2.43. The van der Waals surface area contributed by atoms with Crippen LogP contribution in [0.1, 0.15) is 24.0 Å². The minimum absolute atomic E-state index is 0.163. The third-order valence-corrected chi connectivity index (χ3v) is 5.83. The molecule has 144 valence electrons. The molecule has 1 amide bonds. The largest absolute Gasteiger partial charge is 0.369 e. The van der Waals surface area contributed by atoms with E-state index in [1.807, 2.05) is 36.4 Å². The van der Waals surface area contributed by atoms with Crippen molar-refractivity contribution in [3.63, 3.8) is 0 Å². The lowest BCUT2D eigenvalue weighted by Crippen LogP contribution is -2.54. The molecule has 3 rings (SSSR count). The molecule has 27 heavy (non-hydrogen) atoms. The zero-order valence-electron chi connectivity index (χ0n) is 16.5. The van der Waals surface area contributed by atoms with E-state index < -0.39 is 5.41 Å². The van der Waals surface area contributed by atoms with Crippen LogP contribution in [-0.2, 0) is 10.2 Å². The Bertz CT molecular complexity index is 690. The lowest BCUT2D eigenvalue weighted by atomic mass is 9.63. The SMILES string of the molecule is CN(C)CCN1CCCC(C(C(N)=O)(c2ccccc2)c2ccccc2)C1. The number of piperidine rings is 1. The number of carbonyl (C=O) groups excluding carboxylic acids is 1. The molecule has 4 nitrogen and oxygen atoms in total. The minimum Gasteiger partial charge on any atom is -0.369 e. The number of likely N-dealkylation sites (N-methyl/N-ethyl adjacent to an activating group) is 1. The zero-order valence-corrected chi connectivity index (χ0v) is 16.5. The molecule has 2 N–H and O–H groups in total. The maximum absolute atomic E-state index is 13.1. The number of primary amides is 1. The summed E-state index contributed by atoms with van der Waals surface area (Å²) in [4.78, 5) is 17.8. The van der Waals surface area contributed by atoms with Gasteiger partial charge in [0.25, 0.3) is 0 Å². The molecule has 4 heteroatoms. The van der Waals surface area contributed by atoms with Crippen LogP contribution in [0.15, 0.2) is 60.7 Å². The van der Waals surface area contributed by atoms with Gasteiger partial charge in [0.15, 0.2) is 0 Å². The second-order valence-corrected chi connectivity index (χ2v) is 7.85. The van der Waals surface area contributed by atoms with E-state index in [4.69, 9.17) is 5.73 Å². The normalized spacial score (nSPS) is 18.6. The Hall–Kier alpha value is -2.17. The van der Waals surface area contributed by atoms with Crippen LogP contribution in [0.3, 0.4) is 0 Å². The molecule has 0 aliphatic carbocycles. The smallest absolute Gasteiger partial charge is 0.232 e. The number of carbonyl (C=O) groups is 1. The highest BCUT2D eigenvalue weighted by molar-refractivity contribution is 5.91. The van der Waals surface area contributed by atoms with Crippen molar-refractivity contribution in [2.45, 2.75) is 18.3 Å².